The fourth-order valence-electron chi connectivity index (χ4n) is 2.96. The number of ether oxygens (including phenoxy) is 1. The van der Waals surface area contributed by atoms with Gasteiger partial charge in [-0.05, 0) is 55.5 Å². The summed E-state index contributed by atoms with van der Waals surface area (Å²) in [5.41, 5.74) is 1.83. The van der Waals surface area contributed by atoms with Crippen LogP contribution in [-0.4, -0.2) is 28.6 Å². The van der Waals surface area contributed by atoms with Crippen LogP contribution in [0.1, 0.15) is 43.4 Å². The van der Waals surface area contributed by atoms with Crippen molar-refractivity contribution in [3.8, 4) is 5.75 Å². The molecule has 2 N–H and O–H groups in total. The van der Waals surface area contributed by atoms with Crippen LogP contribution in [0.4, 0.5) is 0 Å². The molecule has 1 aromatic heterocycles. The first kappa shape index (κ1) is 17.4. The minimum Gasteiger partial charge on any atom is -0.491 e. The highest BCUT2D eigenvalue weighted by molar-refractivity contribution is 5.82. The van der Waals surface area contributed by atoms with Crippen molar-refractivity contribution < 1.29 is 14.6 Å². The molecule has 0 saturated heterocycles. The van der Waals surface area contributed by atoms with Gasteiger partial charge in [0.25, 0.3) is 0 Å². The summed E-state index contributed by atoms with van der Waals surface area (Å²) in [6.45, 7) is 4.11. The van der Waals surface area contributed by atoms with E-state index in [1.54, 1.807) is 6.20 Å². The topological polar surface area (TPSA) is 71.5 Å². The summed E-state index contributed by atoms with van der Waals surface area (Å²) in [5.74, 6) is 0.930. The van der Waals surface area contributed by atoms with E-state index >= 15 is 0 Å². The van der Waals surface area contributed by atoms with Crippen molar-refractivity contribution in [1.82, 2.24) is 10.3 Å². The van der Waals surface area contributed by atoms with Crippen LogP contribution >= 0.6 is 0 Å². The van der Waals surface area contributed by atoms with E-state index in [2.05, 4.69) is 10.3 Å². The summed E-state index contributed by atoms with van der Waals surface area (Å²) in [6, 6.07) is 11.2. The van der Waals surface area contributed by atoms with E-state index in [1.165, 1.54) is 0 Å². The number of nitrogens with zero attached hydrogens (tertiary/aromatic N) is 1. The smallest absolute Gasteiger partial charge is 0.223 e. The molecule has 1 aliphatic carbocycles. The first-order valence-electron chi connectivity index (χ1n) is 8.67. The van der Waals surface area contributed by atoms with Crippen molar-refractivity contribution in [2.75, 3.05) is 6.54 Å². The van der Waals surface area contributed by atoms with Crippen molar-refractivity contribution in [1.29, 1.82) is 0 Å². The predicted octanol–water partition coefficient (Wildman–Crippen LogP) is 2.82. The third-order valence-corrected chi connectivity index (χ3v) is 4.32. The fourth-order valence-corrected chi connectivity index (χ4v) is 2.96. The van der Waals surface area contributed by atoms with Crippen LogP contribution < -0.4 is 10.1 Å². The van der Waals surface area contributed by atoms with Gasteiger partial charge in [0.1, 0.15) is 5.75 Å². The maximum Gasteiger partial charge on any atom is 0.223 e. The number of hydrogen-bond donors (Lipinski definition) is 2. The van der Waals surface area contributed by atoms with Crippen molar-refractivity contribution in [2.45, 2.75) is 38.4 Å². The monoisotopic (exact) mass is 340 g/mol. The van der Waals surface area contributed by atoms with Crippen LogP contribution in [0.2, 0.25) is 0 Å². The second-order valence-electron chi connectivity index (χ2n) is 6.74. The highest BCUT2D eigenvalue weighted by Crippen LogP contribution is 2.47. The molecule has 3 atom stereocenters. The molecule has 0 radical (unpaired) electrons. The molecule has 0 aliphatic heterocycles. The normalized spacial score (nSPS) is 20.2. The number of aliphatic hydroxyl groups is 1. The first-order valence-corrected chi connectivity index (χ1v) is 8.67. The van der Waals surface area contributed by atoms with Gasteiger partial charge in [-0.2, -0.15) is 0 Å². The molecule has 0 bridgehead atoms. The first-order chi connectivity index (χ1) is 12.0. The number of rotatable bonds is 7. The molecule has 3 rings (SSSR count). The number of carbonyl (C=O) groups excluding carboxylic acids is 1. The zero-order chi connectivity index (χ0) is 17.8. The Balaban J connectivity index is 1.51. The summed E-state index contributed by atoms with van der Waals surface area (Å²) < 4.78 is 5.64. The maximum absolute atomic E-state index is 12.3. The van der Waals surface area contributed by atoms with E-state index in [4.69, 9.17) is 4.74 Å². The minimum absolute atomic E-state index is 0.0116. The Morgan fingerprint density at radius 1 is 1.36 bits per heavy atom. The van der Waals surface area contributed by atoms with Crippen LogP contribution in [-0.2, 0) is 4.79 Å². The van der Waals surface area contributed by atoms with E-state index in [9.17, 15) is 9.90 Å². The zero-order valence-corrected chi connectivity index (χ0v) is 14.6. The molecular weight excluding hydrogens is 316 g/mol. The largest absolute Gasteiger partial charge is 0.491 e. The van der Waals surface area contributed by atoms with Gasteiger partial charge < -0.3 is 15.2 Å². The molecule has 1 heterocycles. The predicted molar refractivity (Wildman–Crippen MR) is 95.3 cm³/mol. The summed E-state index contributed by atoms with van der Waals surface area (Å²) >= 11 is 0. The molecule has 1 aromatic carbocycles. The number of aromatic nitrogens is 1. The molecule has 1 amide bonds. The second kappa shape index (κ2) is 7.66. The van der Waals surface area contributed by atoms with E-state index in [-0.39, 0.29) is 30.4 Å². The van der Waals surface area contributed by atoms with Crippen molar-refractivity contribution >= 4 is 5.91 Å². The molecule has 1 fully saturated rings. The standard InChI is InChI=1S/C20H24N2O3/c1-13(2)25-16-7-3-5-14(9-16)19(23)12-22-20(24)18-10-17(18)15-6-4-8-21-11-15/h3-9,11,13,17-19,23H,10,12H2,1-2H3,(H,22,24)/t17-,18-,19-/m1/s1. The summed E-state index contributed by atoms with van der Waals surface area (Å²) in [4.78, 5) is 16.4. The SMILES string of the molecule is CC(C)Oc1cccc([C@H](O)CNC(=O)[C@@H]2C[C@@H]2c2cccnc2)c1. The van der Waals surface area contributed by atoms with Crippen LogP contribution in [0.5, 0.6) is 5.75 Å². The quantitative estimate of drug-likeness (QED) is 0.813. The number of pyridine rings is 1. The highest BCUT2D eigenvalue weighted by atomic mass is 16.5. The van der Waals surface area contributed by atoms with E-state index in [0.29, 0.717) is 0 Å². The van der Waals surface area contributed by atoms with Crippen LogP contribution in [0, 0.1) is 5.92 Å². The minimum atomic E-state index is -0.754. The maximum atomic E-state index is 12.3. The van der Waals surface area contributed by atoms with E-state index in [0.717, 1.165) is 23.3 Å². The van der Waals surface area contributed by atoms with Crippen molar-refractivity contribution in [3.05, 3.63) is 59.9 Å². The Hall–Kier alpha value is -2.40. The molecule has 5 nitrogen and oxygen atoms in total. The van der Waals surface area contributed by atoms with Crippen LogP contribution in [0.15, 0.2) is 48.8 Å². The second-order valence-corrected chi connectivity index (χ2v) is 6.74. The van der Waals surface area contributed by atoms with Gasteiger partial charge in [0.05, 0.1) is 12.2 Å². The molecule has 0 spiro atoms. The van der Waals surface area contributed by atoms with Gasteiger partial charge in [-0.25, -0.2) is 0 Å². The van der Waals surface area contributed by atoms with Gasteiger partial charge >= 0.3 is 0 Å². The number of hydrogen-bond acceptors (Lipinski definition) is 4. The highest BCUT2D eigenvalue weighted by Gasteiger charge is 2.43. The third-order valence-electron chi connectivity index (χ3n) is 4.32. The lowest BCUT2D eigenvalue weighted by atomic mass is 10.1. The van der Waals surface area contributed by atoms with Gasteiger partial charge in [-0.15, -0.1) is 0 Å². The van der Waals surface area contributed by atoms with Crippen molar-refractivity contribution in [2.24, 2.45) is 5.92 Å². The Morgan fingerprint density at radius 3 is 2.92 bits per heavy atom. The molecule has 25 heavy (non-hydrogen) atoms. The average Bonchev–Trinajstić information content (AvgIpc) is 3.40. The summed E-state index contributed by atoms with van der Waals surface area (Å²) in [5, 5.41) is 13.2. The van der Waals surface area contributed by atoms with Gasteiger partial charge in [0.15, 0.2) is 0 Å². The summed E-state index contributed by atoms with van der Waals surface area (Å²) in [7, 11) is 0. The lowest BCUT2D eigenvalue weighted by Gasteiger charge is -2.15. The summed E-state index contributed by atoms with van der Waals surface area (Å²) in [6.07, 6.45) is 3.70. The number of nitrogens with one attached hydrogen (secondary N) is 1. The Morgan fingerprint density at radius 2 is 2.20 bits per heavy atom. The molecule has 2 aromatic rings. The number of amides is 1. The fraction of sp³-hybridized carbons (Fsp3) is 0.400. The van der Waals surface area contributed by atoms with Crippen LogP contribution in [0.3, 0.4) is 0 Å². The zero-order valence-electron chi connectivity index (χ0n) is 14.6. The Labute approximate surface area is 148 Å². The van der Waals surface area contributed by atoms with Gasteiger partial charge in [-0.1, -0.05) is 18.2 Å². The lowest BCUT2D eigenvalue weighted by molar-refractivity contribution is -0.122. The average molecular weight is 340 g/mol. The molecule has 1 aliphatic rings. The molecule has 132 valence electrons. The van der Waals surface area contributed by atoms with E-state index < -0.39 is 6.10 Å². The van der Waals surface area contributed by atoms with Gasteiger partial charge in [0.2, 0.25) is 5.91 Å². The van der Waals surface area contributed by atoms with Gasteiger partial charge in [0, 0.05) is 24.9 Å². The van der Waals surface area contributed by atoms with Gasteiger partial charge in [-0.3, -0.25) is 9.78 Å². The molecule has 0 unspecified atom stereocenters. The van der Waals surface area contributed by atoms with Crippen molar-refractivity contribution in [3.63, 3.8) is 0 Å². The number of carbonyl (C=O) groups is 1. The number of aliphatic hydroxyl groups excluding tert-OH is 1. The molecule has 1 saturated carbocycles. The number of benzene rings is 1. The third kappa shape index (κ3) is 4.57. The Bertz CT molecular complexity index is 718. The molecule has 5 heteroatoms. The van der Waals surface area contributed by atoms with Crippen LogP contribution in [0.25, 0.3) is 0 Å². The van der Waals surface area contributed by atoms with E-state index in [1.807, 2.05) is 56.4 Å². The Kier molecular flexibility index (Phi) is 5.34. The lowest BCUT2D eigenvalue weighted by Crippen LogP contribution is -2.30. The molecular formula is C20H24N2O3.